The van der Waals surface area contributed by atoms with Crippen LogP contribution in [0, 0.1) is 11.8 Å². The van der Waals surface area contributed by atoms with E-state index in [1.807, 2.05) is 0 Å². The first-order valence-electron chi connectivity index (χ1n) is 7.14. The summed E-state index contributed by atoms with van der Waals surface area (Å²) in [4.78, 5) is 2.50. The molecule has 0 bridgehead atoms. The summed E-state index contributed by atoms with van der Waals surface area (Å²) in [6.45, 7) is 3.47. The van der Waals surface area contributed by atoms with Gasteiger partial charge in [-0.1, -0.05) is 19.3 Å². The van der Waals surface area contributed by atoms with Crippen LogP contribution in [0.3, 0.4) is 0 Å². The quantitative estimate of drug-likeness (QED) is 0.778. The molecule has 0 amide bonds. The molecule has 2 atom stereocenters. The van der Waals surface area contributed by atoms with Crippen molar-refractivity contribution in [2.45, 2.75) is 64.0 Å². The van der Waals surface area contributed by atoms with Crippen molar-refractivity contribution in [3.05, 3.63) is 0 Å². The molecular weight excluding hydrogens is 196 g/mol. The lowest BCUT2D eigenvalue weighted by Crippen LogP contribution is -2.45. The van der Waals surface area contributed by atoms with Crippen molar-refractivity contribution < 1.29 is 0 Å². The number of nitrogens with zero attached hydrogens (tertiary/aromatic N) is 1. The summed E-state index contributed by atoms with van der Waals surface area (Å²) in [5.74, 6) is 1.76. The molecule has 0 aliphatic heterocycles. The molecule has 2 unspecified atom stereocenters. The maximum Gasteiger partial charge on any atom is 0.0196 e. The standard InChI is InChI=1S/C14H28N2/c1-11(12-8-9-12)16(2)10-14(15)13-6-4-3-5-7-13/h11-14H,3-10,15H2,1-2H3. The molecule has 0 spiro atoms. The molecule has 2 aliphatic rings. The van der Waals surface area contributed by atoms with E-state index in [9.17, 15) is 0 Å². The highest BCUT2D eigenvalue weighted by Gasteiger charge is 2.31. The van der Waals surface area contributed by atoms with Crippen molar-refractivity contribution in [1.82, 2.24) is 4.90 Å². The van der Waals surface area contributed by atoms with Crippen LogP contribution in [0.4, 0.5) is 0 Å². The summed E-state index contributed by atoms with van der Waals surface area (Å²) in [6.07, 6.45) is 9.84. The number of hydrogen-bond acceptors (Lipinski definition) is 2. The van der Waals surface area contributed by atoms with Crippen LogP contribution in [0.2, 0.25) is 0 Å². The van der Waals surface area contributed by atoms with E-state index in [1.54, 1.807) is 0 Å². The van der Waals surface area contributed by atoms with E-state index in [0.717, 1.165) is 24.4 Å². The molecule has 0 aromatic carbocycles. The minimum atomic E-state index is 0.409. The van der Waals surface area contributed by atoms with E-state index in [0.29, 0.717) is 6.04 Å². The van der Waals surface area contributed by atoms with Crippen LogP contribution in [0.25, 0.3) is 0 Å². The summed E-state index contributed by atoms with van der Waals surface area (Å²) in [6, 6.07) is 1.15. The summed E-state index contributed by atoms with van der Waals surface area (Å²) in [7, 11) is 2.26. The molecule has 0 saturated heterocycles. The Bertz CT molecular complexity index is 207. The Hall–Kier alpha value is -0.0800. The van der Waals surface area contributed by atoms with Gasteiger partial charge in [0.25, 0.3) is 0 Å². The van der Waals surface area contributed by atoms with Gasteiger partial charge in [-0.05, 0) is 51.5 Å². The molecule has 2 nitrogen and oxygen atoms in total. The topological polar surface area (TPSA) is 29.3 Å². The fourth-order valence-corrected chi connectivity index (χ4v) is 3.15. The SMILES string of the molecule is CC(C1CC1)N(C)CC(N)C1CCCCC1. The van der Waals surface area contributed by atoms with Gasteiger partial charge in [-0.2, -0.15) is 0 Å². The summed E-state index contributed by atoms with van der Waals surface area (Å²) >= 11 is 0. The van der Waals surface area contributed by atoms with E-state index in [2.05, 4.69) is 18.9 Å². The smallest absolute Gasteiger partial charge is 0.0196 e. The fraction of sp³-hybridized carbons (Fsp3) is 1.00. The first-order chi connectivity index (χ1) is 7.68. The number of hydrogen-bond donors (Lipinski definition) is 1. The molecular formula is C14H28N2. The van der Waals surface area contributed by atoms with E-state index >= 15 is 0 Å². The maximum atomic E-state index is 6.37. The lowest BCUT2D eigenvalue weighted by atomic mass is 9.84. The van der Waals surface area contributed by atoms with Crippen LogP contribution < -0.4 is 5.73 Å². The lowest BCUT2D eigenvalue weighted by Gasteiger charge is -2.33. The van der Waals surface area contributed by atoms with Crippen molar-refractivity contribution in [1.29, 1.82) is 0 Å². The predicted molar refractivity (Wildman–Crippen MR) is 69.4 cm³/mol. The normalized spacial score (nSPS) is 27.0. The summed E-state index contributed by atoms with van der Waals surface area (Å²) in [5.41, 5.74) is 6.37. The molecule has 0 aromatic rings. The van der Waals surface area contributed by atoms with E-state index in [4.69, 9.17) is 5.73 Å². The third-order valence-electron chi connectivity index (χ3n) is 4.75. The van der Waals surface area contributed by atoms with Gasteiger partial charge in [0.2, 0.25) is 0 Å². The van der Waals surface area contributed by atoms with Crippen LogP contribution in [-0.2, 0) is 0 Å². The fourth-order valence-electron chi connectivity index (χ4n) is 3.15. The highest BCUT2D eigenvalue weighted by atomic mass is 15.1. The van der Waals surface area contributed by atoms with Crippen LogP contribution in [0.15, 0.2) is 0 Å². The molecule has 2 saturated carbocycles. The molecule has 94 valence electrons. The second kappa shape index (κ2) is 5.50. The Morgan fingerprint density at radius 2 is 1.69 bits per heavy atom. The minimum Gasteiger partial charge on any atom is -0.326 e. The zero-order chi connectivity index (χ0) is 11.5. The average molecular weight is 224 g/mol. The van der Waals surface area contributed by atoms with Gasteiger partial charge < -0.3 is 10.6 Å². The number of rotatable bonds is 5. The maximum absolute atomic E-state index is 6.37. The van der Waals surface area contributed by atoms with Gasteiger partial charge in [0.15, 0.2) is 0 Å². The van der Waals surface area contributed by atoms with Gasteiger partial charge >= 0.3 is 0 Å². The van der Waals surface area contributed by atoms with Gasteiger partial charge in [-0.25, -0.2) is 0 Å². The van der Waals surface area contributed by atoms with E-state index < -0.39 is 0 Å². The molecule has 16 heavy (non-hydrogen) atoms. The molecule has 0 aromatic heterocycles. The third-order valence-corrected chi connectivity index (χ3v) is 4.75. The van der Waals surface area contributed by atoms with Gasteiger partial charge in [0.05, 0.1) is 0 Å². The Balaban J connectivity index is 1.73. The Labute approximate surface area is 101 Å². The van der Waals surface area contributed by atoms with Crippen LogP contribution in [0.5, 0.6) is 0 Å². The molecule has 2 aliphatic carbocycles. The Morgan fingerprint density at radius 3 is 2.25 bits per heavy atom. The van der Waals surface area contributed by atoms with Crippen molar-refractivity contribution in [2.75, 3.05) is 13.6 Å². The average Bonchev–Trinajstić information content (AvgIpc) is 3.13. The second-order valence-corrected chi connectivity index (χ2v) is 6.08. The van der Waals surface area contributed by atoms with Gasteiger partial charge in [0.1, 0.15) is 0 Å². The number of nitrogens with two attached hydrogens (primary N) is 1. The molecule has 0 heterocycles. The van der Waals surface area contributed by atoms with E-state index in [1.165, 1.54) is 44.9 Å². The van der Waals surface area contributed by atoms with Crippen molar-refractivity contribution >= 4 is 0 Å². The molecule has 0 radical (unpaired) electrons. The van der Waals surface area contributed by atoms with Crippen LogP contribution in [-0.4, -0.2) is 30.6 Å². The lowest BCUT2D eigenvalue weighted by molar-refractivity contribution is 0.184. The first-order valence-corrected chi connectivity index (χ1v) is 7.14. The van der Waals surface area contributed by atoms with Gasteiger partial charge in [-0.15, -0.1) is 0 Å². The second-order valence-electron chi connectivity index (χ2n) is 6.08. The molecule has 2 rings (SSSR count). The van der Waals surface area contributed by atoms with Gasteiger partial charge in [0, 0.05) is 18.6 Å². The van der Waals surface area contributed by atoms with Gasteiger partial charge in [-0.3, -0.25) is 0 Å². The Kier molecular flexibility index (Phi) is 4.26. The highest BCUT2D eigenvalue weighted by molar-refractivity contribution is 4.86. The monoisotopic (exact) mass is 224 g/mol. The third kappa shape index (κ3) is 3.21. The number of likely N-dealkylation sites (N-methyl/N-ethyl adjacent to an activating group) is 1. The highest BCUT2D eigenvalue weighted by Crippen LogP contribution is 2.35. The minimum absolute atomic E-state index is 0.409. The first kappa shape index (κ1) is 12.4. The summed E-state index contributed by atoms with van der Waals surface area (Å²) in [5, 5.41) is 0. The molecule has 2 fully saturated rings. The van der Waals surface area contributed by atoms with Crippen molar-refractivity contribution in [3.8, 4) is 0 Å². The van der Waals surface area contributed by atoms with Crippen LogP contribution >= 0.6 is 0 Å². The van der Waals surface area contributed by atoms with Crippen molar-refractivity contribution in [3.63, 3.8) is 0 Å². The van der Waals surface area contributed by atoms with Crippen molar-refractivity contribution in [2.24, 2.45) is 17.6 Å². The zero-order valence-corrected chi connectivity index (χ0v) is 11.0. The van der Waals surface area contributed by atoms with E-state index in [-0.39, 0.29) is 0 Å². The summed E-state index contributed by atoms with van der Waals surface area (Å²) < 4.78 is 0. The largest absolute Gasteiger partial charge is 0.326 e. The predicted octanol–water partition coefficient (Wildman–Crippen LogP) is 2.62. The van der Waals surface area contributed by atoms with Crippen LogP contribution in [0.1, 0.15) is 51.9 Å². The zero-order valence-electron chi connectivity index (χ0n) is 11.0. The Morgan fingerprint density at radius 1 is 1.06 bits per heavy atom. The molecule has 2 heteroatoms. The molecule has 2 N–H and O–H groups in total.